The van der Waals surface area contributed by atoms with E-state index in [2.05, 4.69) is 31.4 Å². The summed E-state index contributed by atoms with van der Waals surface area (Å²) in [5.41, 5.74) is 6.23. The lowest BCUT2D eigenvalue weighted by Crippen LogP contribution is -2.19. The topological polar surface area (TPSA) is 83.5 Å². The SMILES string of the molecule is O=C(Oc1ccc(Br)cc1C=NNC(=O)c1[nH]c2ccc(Cl)cc2c1-c1ccccc1)c1ccccc1. The number of esters is 1. The minimum absolute atomic E-state index is 0.306. The molecule has 4 aromatic carbocycles. The van der Waals surface area contributed by atoms with Gasteiger partial charge in [-0.15, -0.1) is 0 Å². The molecule has 1 amide bonds. The Morgan fingerprint density at radius 1 is 0.919 bits per heavy atom. The summed E-state index contributed by atoms with van der Waals surface area (Å²) < 4.78 is 6.34. The van der Waals surface area contributed by atoms with E-state index in [1.54, 1.807) is 48.5 Å². The van der Waals surface area contributed by atoms with Gasteiger partial charge in [0.15, 0.2) is 0 Å². The second kappa shape index (κ2) is 10.8. The van der Waals surface area contributed by atoms with Gasteiger partial charge < -0.3 is 9.72 Å². The van der Waals surface area contributed by atoms with E-state index in [1.165, 1.54) is 6.21 Å². The van der Waals surface area contributed by atoms with Crippen molar-refractivity contribution < 1.29 is 14.3 Å². The lowest BCUT2D eigenvalue weighted by atomic mass is 10.0. The number of hydrogen-bond donors (Lipinski definition) is 2. The highest BCUT2D eigenvalue weighted by Crippen LogP contribution is 2.34. The van der Waals surface area contributed by atoms with Crippen LogP contribution in [0, 0.1) is 0 Å². The maximum atomic E-state index is 13.2. The Morgan fingerprint density at radius 2 is 1.65 bits per heavy atom. The summed E-state index contributed by atoms with van der Waals surface area (Å²) >= 11 is 9.66. The second-order valence-electron chi connectivity index (χ2n) is 8.07. The summed E-state index contributed by atoms with van der Waals surface area (Å²) in [6.45, 7) is 0. The number of aromatic nitrogens is 1. The van der Waals surface area contributed by atoms with Crippen molar-refractivity contribution in [1.82, 2.24) is 10.4 Å². The Kier molecular flexibility index (Phi) is 7.16. The summed E-state index contributed by atoms with van der Waals surface area (Å²) in [7, 11) is 0. The molecule has 2 N–H and O–H groups in total. The predicted molar refractivity (Wildman–Crippen MR) is 149 cm³/mol. The molecule has 0 aliphatic rings. The first kappa shape index (κ1) is 24.5. The van der Waals surface area contributed by atoms with Gasteiger partial charge in [-0.05, 0) is 54.1 Å². The lowest BCUT2D eigenvalue weighted by molar-refractivity contribution is 0.0734. The van der Waals surface area contributed by atoms with Crippen LogP contribution in [0.15, 0.2) is 107 Å². The number of ether oxygens (including phenoxy) is 1. The Labute approximate surface area is 226 Å². The van der Waals surface area contributed by atoms with E-state index < -0.39 is 11.9 Å². The number of H-pyrrole nitrogens is 1. The molecule has 0 spiro atoms. The van der Waals surface area contributed by atoms with Crippen LogP contribution in [0.25, 0.3) is 22.0 Å². The highest BCUT2D eigenvalue weighted by Gasteiger charge is 2.19. The predicted octanol–water partition coefficient (Wildman–Crippen LogP) is 7.23. The molecule has 0 aliphatic carbocycles. The molecule has 5 aromatic rings. The fourth-order valence-corrected chi connectivity index (χ4v) is 4.45. The normalized spacial score (nSPS) is 11.1. The lowest BCUT2D eigenvalue weighted by Gasteiger charge is -2.08. The van der Waals surface area contributed by atoms with E-state index in [1.807, 2.05) is 48.5 Å². The Bertz CT molecular complexity index is 1630. The maximum Gasteiger partial charge on any atom is 0.343 e. The van der Waals surface area contributed by atoms with Crippen LogP contribution in [0.1, 0.15) is 26.4 Å². The Hall–Kier alpha value is -4.20. The number of carbonyl (C=O) groups is 2. The standard InChI is InChI=1S/C29H19BrClN3O3/c30-21-11-14-25(37-29(36)19-9-5-2-6-10-19)20(15-21)17-32-34-28(35)27-26(18-7-3-1-4-8-18)23-16-22(31)12-13-24(23)33-27/h1-17,33H,(H,34,35). The van der Waals surface area contributed by atoms with E-state index in [9.17, 15) is 9.59 Å². The fourth-order valence-electron chi connectivity index (χ4n) is 3.90. The molecule has 0 saturated carbocycles. The number of carbonyl (C=O) groups excluding carboxylic acids is 2. The van der Waals surface area contributed by atoms with Crippen molar-refractivity contribution in [2.24, 2.45) is 5.10 Å². The van der Waals surface area contributed by atoms with Crippen LogP contribution >= 0.6 is 27.5 Å². The van der Waals surface area contributed by atoms with Gasteiger partial charge in [-0.1, -0.05) is 76.1 Å². The van der Waals surface area contributed by atoms with Gasteiger partial charge in [-0.25, -0.2) is 10.2 Å². The number of hydrazone groups is 1. The minimum atomic E-state index is -0.495. The van der Waals surface area contributed by atoms with Gasteiger partial charge in [0.1, 0.15) is 11.4 Å². The van der Waals surface area contributed by atoms with Crippen molar-refractivity contribution >= 4 is 56.5 Å². The molecule has 0 unspecified atom stereocenters. The molecule has 8 heteroatoms. The van der Waals surface area contributed by atoms with Crippen molar-refractivity contribution in [3.8, 4) is 16.9 Å². The molecule has 182 valence electrons. The zero-order valence-electron chi connectivity index (χ0n) is 19.2. The molecular weight excluding hydrogens is 554 g/mol. The summed E-state index contributed by atoms with van der Waals surface area (Å²) in [6.07, 6.45) is 1.43. The highest BCUT2D eigenvalue weighted by atomic mass is 79.9. The third-order valence-electron chi connectivity index (χ3n) is 5.60. The average Bonchev–Trinajstić information content (AvgIpc) is 3.30. The number of nitrogens with one attached hydrogen (secondary N) is 2. The molecule has 0 bridgehead atoms. The highest BCUT2D eigenvalue weighted by molar-refractivity contribution is 9.10. The minimum Gasteiger partial charge on any atom is -0.422 e. The molecule has 0 saturated heterocycles. The van der Waals surface area contributed by atoms with Gasteiger partial charge >= 0.3 is 5.97 Å². The molecule has 1 heterocycles. The molecule has 0 fully saturated rings. The summed E-state index contributed by atoms with van der Waals surface area (Å²) in [4.78, 5) is 28.9. The second-order valence-corrected chi connectivity index (χ2v) is 9.42. The number of aromatic amines is 1. The van der Waals surface area contributed by atoms with Crippen molar-refractivity contribution in [1.29, 1.82) is 0 Å². The third-order valence-corrected chi connectivity index (χ3v) is 6.33. The summed E-state index contributed by atoms with van der Waals surface area (Å²) in [5, 5.41) is 5.54. The van der Waals surface area contributed by atoms with Crippen LogP contribution in [0.5, 0.6) is 5.75 Å². The van der Waals surface area contributed by atoms with Crippen LogP contribution in [-0.4, -0.2) is 23.1 Å². The molecule has 0 atom stereocenters. The first-order chi connectivity index (χ1) is 18.0. The number of amides is 1. The Balaban J connectivity index is 1.42. The van der Waals surface area contributed by atoms with Gasteiger partial charge in [-0.2, -0.15) is 5.10 Å². The zero-order chi connectivity index (χ0) is 25.8. The third kappa shape index (κ3) is 5.48. The summed E-state index contributed by atoms with van der Waals surface area (Å²) in [5.74, 6) is -0.619. The zero-order valence-corrected chi connectivity index (χ0v) is 21.6. The number of fused-ring (bicyclic) bond motifs is 1. The number of halogens is 2. The summed E-state index contributed by atoms with van der Waals surface area (Å²) in [6, 6.07) is 28.8. The van der Waals surface area contributed by atoms with E-state index in [0.29, 0.717) is 27.6 Å². The molecule has 37 heavy (non-hydrogen) atoms. The van der Waals surface area contributed by atoms with Crippen LogP contribution in [0.3, 0.4) is 0 Å². The van der Waals surface area contributed by atoms with Gasteiger partial charge in [0.05, 0.1) is 11.8 Å². The van der Waals surface area contributed by atoms with Crippen LogP contribution in [0.2, 0.25) is 5.02 Å². The molecular formula is C29H19BrClN3O3. The monoisotopic (exact) mass is 571 g/mol. The van der Waals surface area contributed by atoms with Crippen molar-refractivity contribution in [2.75, 3.05) is 0 Å². The molecule has 1 aromatic heterocycles. The van der Waals surface area contributed by atoms with Crippen LogP contribution < -0.4 is 10.2 Å². The van der Waals surface area contributed by atoms with Gasteiger partial charge in [-0.3, -0.25) is 4.79 Å². The maximum absolute atomic E-state index is 13.2. The quantitative estimate of drug-likeness (QED) is 0.0974. The molecule has 6 nitrogen and oxygen atoms in total. The Morgan fingerprint density at radius 3 is 2.41 bits per heavy atom. The number of rotatable bonds is 6. The fraction of sp³-hybridized carbons (Fsp3) is 0. The van der Waals surface area contributed by atoms with Crippen molar-refractivity contribution in [2.45, 2.75) is 0 Å². The van der Waals surface area contributed by atoms with Gasteiger partial charge in [0.25, 0.3) is 5.91 Å². The molecule has 0 radical (unpaired) electrons. The van der Waals surface area contributed by atoms with Gasteiger partial charge in [0.2, 0.25) is 0 Å². The van der Waals surface area contributed by atoms with Gasteiger partial charge in [0, 0.05) is 31.5 Å². The smallest absolute Gasteiger partial charge is 0.343 e. The largest absolute Gasteiger partial charge is 0.422 e. The van der Waals surface area contributed by atoms with Crippen molar-refractivity contribution in [3.05, 3.63) is 123 Å². The van der Waals surface area contributed by atoms with Crippen molar-refractivity contribution in [3.63, 3.8) is 0 Å². The number of benzene rings is 4. The first-order valence-corrected chi connectivity index (χ1v) is 12.4. The van der Waals surface area contributed by atoms with E-state index in [4.69, 9.17) is 16.3 Å². The number of hydrogen-bond acceptors (Lipinski definition) is 4. The van der Waals surface area contributed by atoms with Crippen LogP contribution in [0.4, 0.5) is 0 Å². The number of nitrogens with zero attached hydrogens (tertiary/aromatic N) is 1. The van der Waals surface area contributed by atoms with E-state index in [0.717, 1.165) is 26.5 Å². The average molecular weight is 573 g/mol. The first-order valence-electron chi connectivity index (χ1n) is 11.3. The van der Waals surface area contributed by atoms with Crippen LogP contribution in [-0.2, 0) is 0 Å². The van der Waals surface area contributed by atoms with E-state index >= 15 is 0 Å². The van der Waals surface area contributed by atoms with E-state index in [-0.39, 0.29) is 0 Å². The molecule has 5 rings (SSSR count). The molecule has 0 aliphatic heterocycles.